The third kappa shape index (κ3) is 23.0. The number of carboxylic acids is 1. The van der Waals surface area contributed by atoms with Crippen molar-refractivity contribution in [2.24, 2.45) is 17.4 Å². The van der Waals surface area contributed by atoms with Crippen molar-refractivity contribution in [3.63, 3.8) is 0 Å². The Morgan fingerprint density at radius 1 is 0.516 bits per heavy atom. The zero-order valence-corrected chi connectivity index (χ0v) is 37.7. The highest BCUT2D eigenvalue weighted by Crippen LogP contribution is 2.14. The number of hydrogen-bond donors (Lipinski definition) is 9. The van der Waals surface area contributed by atoms with E-state index in [1.807, 2.05) is 44.2 Å². The van der Waals surface area contributed by atoms with Crippen molar-refractivity contribution >= 4 is 47.3 Å². The Labute approximate surface area is 377 Å². The highest BCUT2D eigenvalue weighted by atomic mass is 16.4. The standard InChI is InChI=1S/C47H71N7O10/c1-31(2)27-36(44(60)51-35(43(49)59)28-33-21-15-13-16-22-33)52-46(62)42(32(3)55)54-41(58)26-20-12-10-8-6-4-5-7-9-11-19-25-40(57)50-37(30-39(48)56)45(61)53-38(47(63)64)29-34-23-17-14-18-24-34/h13-18,21-24,31-32,35-38,42,55H,4-12,19-20,25-30H2,1-3H3,(H2,48,56)(H2,49,59)(H,50,57)(H,51,60)(H,52,62)(H,53,61)(H,54,58)(H,63,64)/t32?,35-,36-,37-,38-,42-/m0/s1. The highest BCUT2D eigenvalue weighted by Gasteiger charge is 2.32. The van der Waals surface area contributed by atoms with Gasteiger partial charge in [0.15, 0.2) is 0 Å². The Kier molecular flexibility index (Phi) is 25.7. The fraction of sp³-hybridized carbons (Fsp3) is 0.574. The molecule has 0 saturated heterocycles. The van der Waals surface area contributed by atoms with Gasteiger partial charge in [0.1, 0.15) is 30.2 Å². The number of carboxylic acid groups (broad SMARTS) is 1. The molecule has 0 spiro atoms. The number of amides is 7. The van der Waals surface area contributed by atoms with Crippen LogP contribution in [0.1, 0.15) is 128 Å². The molecule has 0 bridgehead atoms. The van der Waals surface area contributed by atoms with E-state index in [4.69, 9.17) is 11.5 Å². The fourth-order valence-electron chi connectivity index (χ4n) is 7.12. The average molecular weight is 894 g/mol. The smallest absolute Gasteiger partial charge is 0.326 e. The molecule has 354 valence electrons. The Balaban J connectivity index is 1.64. The number of aliphatic hydroxyl groups excluding tert-OH is 1. The van der Waals surface area contributed by atoms with E-state index in [0.717, 1.165) is 63.4 Å². The third-order valence-electron chi connectivity index (χ3n) is 10.6. The van der Waals surface area contributed by atoms with Crippen LogP contribution in [-0.2, 0) is 51.2 Å². The molecular formula is C47H71N7O10. The first kappa shape index (κ1) is 54.3. The molecule has 0 radical (unpaired) electrons. The molecule has 17 nitrogen and oxygen atoms in total. The maximum absolute atomic E-state index is 13.3. The summed E-state index contributed by atoms with van der Waals surface area (Å²) in [5.41, 5.74) is 12.4. The van der Waals surface area contributed by atoms with Gasteiger partial charge < -0.3 is 48.3 Å². The van der Waals surface area contributed by atoms with E-state index in [1.165, 1.54) is 6.92 Å². The van der Waals surface area contributed by atoms with Gasteiger partial charge in [-0.05, 0) is 43.2 Å². The lowest BCUT2D eigenvalue weighted by Gasteiger charge is -2.26. The summed E-state index contributed by atoms with van der Waals surface area (Å²) in [6.45, 7) is 5.14. The molecule has 6 atom stereocenters. The molecule has 0 fully saturated rings. The van der Waals surface area contributed by atoms with Crippen molar-refractivity contribution in [3.8, 4) is 0 Å². The monoisotopic (exact) mass is 894 g/mol. The van der Waals surface area contributed by atoms with Crippen LogP contribution in [0, 0.1) is 5.92 Å². The Morgan fingerprint density at radius 2 is 0.922 bits per heavy atom. The number of aliphatic hydroxyl groups is 1. The number of aliphatic carboxylic acids is 1. The van der Waals surface area contributed by atoms with E-state index >= 15 is 0 Å². The largest absolute Gasteiger partial charge is 0.480 e. The molecule has 11 N–H and O–H groups in total. The first-order valence-corrected chi connectivity index (χ1v) is 22.5. The maximum Gasteiger partial charge on any atom is 0.326 e. The number of carbonyl (C=O) groups is 8. The first-order chi connectivity index (χ1) is 30.5. The molecule has 0 aliphatic carbocycles. The predicted molar refractivity (Wildman–Crippen MR) is 242 cm³/mol. The molecule has 1 unspecified atom stereocenters. The number of primary amides is 2. The van der Waals surface area contributed by atoms with Gasteiger partial charge in [-0.2, -0.15) is 0 Å². The Morgan fingerprint density at radius 3 is 1.34 bits per heavy atom. The van der Waals surface area contributed by atoms with Crippen molar-refractivity contribution in [2.75, 3.05) is 0 Å². The summed E-state index contributed by atoms with van der Waals surface area (Å²) < 4.78 is 0. The maximum atomic E-state index is 13.3. The molecule has 0 heterocycles. The summed E-state index contributed by atoms with van der Waals surface area (Å²) >= 11 is 0. The van der Waals surface area contributed by atoms with Crippen LogP contribution in [0.4, 0.5) is 0 Å². The van der Waals surface area contributed by atoms with Gasteiger partial charge in [-0.25, -0.2) is 4.79 Å². The van der Waals surface area contributed by atoms with Gasteiger partial charge in [0, 0.05) is 25.7 Å². The number of unbranched alkanes of at least 4 members (excludes halogenated alkanes) is 10. The third-order valence-corrected chi connectivity index (χ3v) is 10.6. The quantitative estimate of drug-likeness (QED) is 0.0473. The minimum Gasteiger partial charge on any atom is -0.480 e. The van der Waals surface area contributed by atoms with Crippen LogP contribution in [-0.4, -0.2) is 93.8 Å². The summed E-state index contributed by atoms with van der Waals surface area (Å²) in [5, 5.41) is 32.9. The van der Waals surface area contributed by atoms with E-state index in [9.17, 15) is 48.6 Å². The topological polar surface area (TPSA) is 289 Å². The fourth-order valence-corrected chi connectivity index (χ4v) is 7.12. The number of rotatable bonds is 33. The normalized spacial score (nSPS) is 13.9. The van der Waals surface area contributed by atoms with Gasteiger partial charge in [-0.3, -0.25) is 33.6 Å². The van der Waals surface area contributed by atoms with Crippen molar-refractivity contribution in [1.82, 2.24) is 26.6 Å². The number of carbonyl (C=O) groups excluding carboxylic acids is 7. The van der Waals surface area contributed by atoms with E-state index in [-0.39, 0.29) is 43.9 Å². The van der Waals surface area contributed by atoms with Crippen LogP contribution < -0.4 is 38.1 Å². The number of nitrogens with two attached hydrogens (primary N) is 2. The molecule has 0 aliphatic heterocycles. The van der Waals surface area contributed by atoms with Crippen LogP contribution >= 0.6 is 0 Å². The van der Waals surface area contributed by atoms with Crippen molar-refractivity contribution < 1.29 is 48.6 Å². The molecule has 64 heavy (non-hydrogen) atoms. The Bertz CT molecular complexity index is 1780. The van der Waals surface area contributed by atoms with Gasteiger partial charge in [-0.15, -0.1) is 0 Å². The molecule has 2 aromatic carbocycles. The van der Waals surface area contributed by atoms with E-state index in [1.54, 1.807) is 30.3 Å². The second-order valence-corrected chi connectivity index (χ2v) is 16.9. The predicted octanol–water partition coefficient (Wildman–Crippen LogP) is 2.84. The molecule has 2 rings (SSSR count). The summed E-state index contributed by atoms with van der Waals surface area (Å²) in [7, 11) is 0. The molecule has 7 amide bonds. The molecular weight excluding hydrogens is 823 g/mol. The van der Waals surface area contributed by atoms with Crippen LogP contribution in [0.3, 0.4) is 0 Å². The van der Waals surface area contributed by atoms with E-state index in [0.29, 0.717) is 18.4 Å². The van der Waals surface area contributed by atoms with Crippen molar-refractivity contribution in [1.29, 1.82) is 0 Å². The lowest BCUT2D eigenvalue weighted by atomic mass is 10.0. The summed E-state index contributed by atoms with van der Waals surface area (Å²) in [6, 6.07) is 12.0. The molecule has 0 aliphatic rings. The summed E-state index contributed by atoms with van der Waals surface area (Å²) in [4.78, 5) is 100. The zero-order chi connectivity index (χ0) is 47.4. The molecule has 2 aromatic rings. The molecule has 0 aromatic heterocycles. The SMILES string of the molecule is CC(C)C[C@H](NC(=O)[C@@H](NC(=O)CCCCCCCCCCCCCC(=O)N[C@@H](CC(N)=O)C(=O)N[C@@H](Cc1ccccc1)C(=O)O)C(C)O)C(=O)N[C@@H](Cc1ccccc1)C(N)=O. The lowest BCUT2D eigenvalue weighted by Crippen LogP contribution is -2.59. The summed E-state index contributed by atoms with van der Waals surface area (Å²) in [5.74, 6) is -5.69. The summed E-state index contributed by atoms with van der Waals surface area (Å²) in [6.07, 6.45) is 8.86. The lowest BCUT2D eigenvalue weighted by molar-refractivity contribution is -0.142. The number of benzene rings is 2. The van der Waals surface area contributed by atoms with Gasteiger partial charge in [0.05, 0.1) is 12.5 Å². The van der Waals surface area contributed by atoms with Crippen LogP contribution in [0.2, 0.25) is 0 Å². The first-order valence-electron chi connectivity index (χ1n) is 22.5. The van der Waals surface area contributed by atoms with E-state index in [2.05, 4.69) is 26.6 Å². The van der Waals surface area contributed by atoms with Gasteiger partial charge in [0.25, 0.3) is 0 Å². The zero-order valence-electron chi connectivity index (χ0n) is 37.7. The minimum atomic E-state index is -1.28. The average Bonchev–Trinajstić information content (AvgIpc) is 3.23. The van der Waals surface area contributed by atoms with Crippen molar-refractivity contribution in [2.45, 2.75) is 166 Å². The van der Waals surface area contributed by atoms with Gasteiger partial charge in [-0.1, -0.05) is 132 Å². The minimum absolute atomic E-state index is 0.00784. The molecule has 0 saturated carbocycles. The second-order valence-electron chi connectivity index (χ2n) is 16.9. The highest BCUT2D eigenvalue weighted by molar-refractivity contribution is 5.95. The number of hydrogen-bond acceptors (Lipinski definition) is 9. The van der Waals surface area contributed by atoms with Gasteiger partial charge >= 0.3 is 5.97 Å². The van der Waals surface area contributed by atoms with Crippen LogP contribution in [0.5, 0.6) is 0 Å². The molecule has 17 heteroatoms. The van der Waals surface area contributed by atoms with Crippen LogP contribution in [0.15, 0.2) is 60.7 Å². The van der Waals surface area contributed by atoms with Crippen molar-refractivity contribution in [3.05, 3.63) is 71.8 Å². The second kappa shape index (κ2) is 30.3. The van der Waals surface area contributed by atoms with E-state index < -0.39 is 84.1 Å². The Hall–Kier alpha value is -5.84. The van der Waals surface area contributed by atoms with Crippen LogP contribution in [0.25, 0.3) is 0 Å². The number of nitrogens with one attached hydrogen (secondary N) is 5. The van der Waals surface area contributed by atoms with Gasteiger partial charge in [0.2, 0.25) is 41.4 Å².